The van der Waals surface area contributed by atoms with Gasteiger partial charge in [0.05, 0.1) is 6.04 Å². The molecule has 2 atom stereocenters. The normalized spacial score (nSPS) is 24.6. The zero-order chi connectivity index (χ0) is 14.9. The topological polar surface area (TPSA) is 61.9 Å². The van der Waals surface area contributed by atoms with Gasteiger partial charge in [-0.2, -0.15) is 0 Å². The SMILES string of the molecule is CC[C@@H](C(=O)OC(C)(C)C)N1CC2CNCCN2C1=O. The van der Waals surface area contributed by atoms with E-state index >= 15 is 0 Å². The first-order valence-corrected chi connectivity index (χ1v) is 7.34. The van der Waals surface area contributed by atoms with Gasteiger partial charge in [0, 0.05) is 26.2 Å². The number of hydrogen-bond acceptors (Lipinski definition) is 4. The highest BCUT2D eigenvalue weighted by Crippen LogP contribution is 2.23. The molecule has 0 radical (unpaired) electrons. The molecule has 114 valence electrons. The van der Waals surface area contributed by atoms with E-state index in [2.05, 4.69) is 5.32 Å². The first-order chi connectivity index (χ1) is 9.33. The number of esters is 1. The van der Waals surface area contributed by atoms with Gasteiger partial charge >= 0.3 is 12.0 Å². The fourth-order valence-corrected chi connectivity index (χ4v) is 2.79. The number of carbonyl (C=O) groups excluding carboxylic acids is 2. The highest BCUT2D eigenvalue weighted by molar-refractivity contribution is 5.85. The number of urea groups is 1. The fraction of sp³-hybridized carbons (Fsp3) is 0.857. The number of nitrogens with one attached hydrogen (secondary N) is 1. The maximum atomic E-state index is 12.4. The lowest BCUT2D eigenvalue weighted by atomic mass is 10.1. The lowest BCUT2D eigenvalue weighted by Crippen LogP contribution is -2.50. The van der Waals surface area contributed by atoms with E-state index < -0.39 is 11.6 Å². The number of amides is 2. The van der Waals surface area contributed by atoms with Crippen molar-refractivity contribution < 1.29 is 14.3 Å². The van der Waals surface area contributed by atoms with Gasteiger partial charge in [0.25, 0.3) is 0 Å². The standard InChI is InChI=1S/C14H25N3O3/c1-5-11(12(18)20-14(2,3)4)17-9-10-8-15-6-7-16(10)13(17)19/h10-11,15H,5-9H2,1-4H3/t10?,11-/m0/s1. The molecule has 2 aliphatic heterocycles. The number of ether oxygens (including phenoxy) is 1. The van der Waals surface area contributed by atoms with Crippen molar-refractivity contribution in [1.29, 1.82) is 0 Å². The summed E-state index contributed by atoms with van der Waals surface area (Å²) in [5.41, 5.74) is -0.526. The van der Waals surface area contributed by atoms with E-state index in [1.54, 1.807) is 4.90 Å². The Labute approximate surface area is 120 Å². The molecule has 2 saturated heterocycles. The summed E-state index contributed by atoms with van der Waals surface area (Å²) in [6.07, 6.45) is 0.578. The maximum Gasteiger partial charge on any atom is 0.329 e. The van der Waals surface area contributed by atoms with Crippen LogP contribution in [0, 0.1) is 0 Å². The van der Waals surface area contributed by atoms with Crippen molar-refractivity contribution in [2.45, 2.75) is 51.8 Å². The minimum absolute atomic E-state index is 0.0331. The molecule has 2 aliphatic rings. The Morgan fingerprint density at radius 2 is 2.20 bits per heavy atom. The van der Waals surface area contributed by atoms with Crippen molar-refractivity contribution in [2.24, 2.45) is 0 Å². The predicted molar refractivity (Wildman–Crippen MR) is 75.4 cm³/mol. The zero-order valence-electron chi connectivity index (χ0n) is 12.8. The van der Waals surface area contributed by atoms with Crippen LogP contribution < -0.4 is 5.32 Å². The van der Waals surface area contributed by atoms with Crippen LogP contribution in [0.1, 0.15) is 34.1 Å². The monoisotopic (exact) mass is 283 g/mol. The van der Waals surface area contributed by atoms with Gasteiger partial charge in [0.2, 0.25) is 0 Å². The summed E-state index contributed by atoms with van der Waals surface area (Å²) < 4.78 is 5.44. The van der Waals surface area contributed by atoms with Crippen LogP contribution in [0.3, 0.4) is 0 Å². The second kappa shape index (κ2) is 5.60. The summed E-state index contributed by atoms with van der Waals surface area (Å²) in [4.78, 5) is 28.2. The molecular weight excluding hydrogens is 258 g/mol. The lowest BCUT2D eigenvalue weighted by molar-refractivity contribution is -0.160. The summed E-state index contributed by atoms with van der Waals surface area (Å²) in [7, 11) is 0. The number of hydrogen-bond donors (Lipinski definition) is 1. The molecule has 2 heterocycles. The molecule has 0 aromatic carbocycles. The summed E-state index contributed by atoms with van der Waals surface area (Å²) >= 11 is 0. The van der Waals surface area contributed by atoms with E-state index in [-0.39, 0.29) is 18.0 Å². The largest absolute Gasteiger partial charge is 0.458 e. The van der Waals surface area contributed by atoms with Crippen molar-refractivity contribution in [1.82, 2.24) is 15.1 Å². The van der Waals surface area contributed by atoms with Gasteiger partial charge in [-0.15, -0.1) is 0 Å². The third-order valence-electron chi connectivity index (χ3n) is 3.69. The smallest absolute Gasteiger partial charge is 0.329 e. The summed E-state index contributed by atoms with van der Waals surface area (Å²) in [6.45, 7) is 10.4. The molecule has 20 heavy (non-hydrogen) atoms. The number of piperazine rings is 1. The van der Waals surface area contributed by atoms with E-state index in [9.17, 15) is 9.59 Å². The first kappa shape index (κ1) is 15.1. The summed E-state index contributed by atoms with van der Waals surface area (Å²) in [6, 6.07) is -0.339. The molecule has 6 heteroatoms. The molecule has 0 aromatic rings. The highest BCUT2D eigenvalue weighted by atomic mass is 16.6. The number of nitrogens with zero attached hydrogens (tertiary/aromatic N) is 2. The van der Waals surface area contributed by atoms with Crippen LogP contribution in [0.5, 0.6) is 0 Å². The summed E-state index contributed by atoms with van der Waals surface area (Å²) in [5, 5.41) is 3.28. The zero-order valence-corrected chi connectivity index (χ0v) is 12.8. The Balaban J connectivity index is 2.08. The first-order valence-electron chi connectivity index (χ1n) is 7.34. The molecule has 1 unspecified atom stereocenters. The van der Waals surface area contributed by atoms with Gasteiger partial charge in [-0.1, -0.05) is 6.92 Å². The third-order valence-corrected chi connectivity index (χ3v) is 3.69. The van der Waals surface area contributed by atoms with Gasteiger partial charge < -0.3 is 19.9 Å². The van der Waals surface area contributed by atoms with Crippen LogP contribution in [0.15, 0.2) is 0 Å². The van der Waals surface area contributed by atoms with Gasteiger partial charge in [-0.25, -0.2) is 9.59 Å². The van der Waals surface area contributed by atoms with Gasteiger partial charge in [0.15, 0.2) is 0 Å². The average molecular weight is 283 g/mol. The molecule has 0 aromatic heterocycles. The molecule has 2 rings (SSSR count). The quantitative estimate of drug-likeness (QED) is 0.779. The number of carbonyl (C=O) groups is 2. The van der Waals surface area contributed by atoms with E-state index in [0.29, 0.717) is 19.5 Å². The minimum atomic E-state index is -0.526. The van der Waals surface area contributed by atoms with Crippen molar-refractivity contribution in [3.63, 3.8) is 0 Å². The van der Waals surface area contributed by atoms with Gasteiger partial charge in [0.1, 0.15) is 11.6 Å². The van der Waals surface area contributed by atoms with Crippen LogP contribution in [0.2, 0.25) is 0 Å². The van der Waals surface area contributed by atoms with E-state index in [0.717, 1.165) is 13.1 Å². The van der Waals surface area contributed by atoms with Gasteiger partial charge in [-0.3, -0.25) is 0 Å². The Bertz CT molecular complexity index is 392. The van der Waals surface area contributed by atoms with E-state index in [4.69, 9.17) is 4.74 Å². The second-order valence-corrected chi connectivity index (χ2v) is 6.44. The Hall–Kier alpha value is -1.30. The Morgan fingerprint density at radius 3 is 2.75 bits per heavy atom. The number of rotatable bonds is 3. The van der Waals surface area contributed by atoms with Crippen molar-refractivity contribution in [2.75, 3.05) is 26.2 Å². The molecular formula is C14H25N3O3. The third kappa shape index (κ3) is 3.06. The molecule has 1 N–H and O–H groups in total. The molecule has 0 bridgehead atoms. The molecule has 2 amide bonds. The molecule has 0 saturated carbocycles. The second-order valence-electron chi connectivity index (χ2n) is 6.44. The van der Waals surface area contributed by atoms with Crippen LogP contribution in [-0.2, 0) is 9.53 Å². The van der Waals surface area contributed by atoms with Crippen LogP contribution in [-0.4, -0.2) is 65.7 Å². The molecule has 6 nitrogen and oxygen atoms in total. The van der Waals surface area contributed by atoms with Crippen molar-refractivity contribution in [3.05, 3.63) is 0 Å². The highest BCUT2D eigenvalue weighted by Gasteiger charge is 2.43. The number of fused-ring (bicyclic) bond motifs is 1. The molecule has 0 spiro atoms. The van der Waals surface area contributed by atoms with E-state index in [1.165, 1.54) is 0 Å². The maximum absolute atomic E-state index is 12.4. The minimum Gasteiger partial charge on any atom is -0.458 e. The van der Waals surface area contributed by atoms with Crippen molar-refractivity contribution >= 4 is 12.0 Å². The van der Waals surface area contributed by atoms with Crippen LogP contribution >= 0.6 is 0 Å². The van der Waals surface area contributed by atoms with Crippen LogP contribution in [0.4, 0.5) is 4.79 Å². The summed E-state index contributed by atoms with van der Waals surface area (Å²) in [5.74, 6) is -0.304. The Kier molecular flexibility index (Phi) is 4.22. The predicted octanol–water partition coefficient (Wildman–Crippen LogP) is 0.816. The van der Waals surface area contributed by atoms with Crippen molar-refractivity contribution in [3.8, 4) is 0 Å². The van der Waals surface area contributed by atoms with Gasteiger partial charge in [-0.05, 0) is 27.2 Å². The lowest BCUT2D eigenvalue weighted by Gasteiger charge is -2.29. The van der Waals surface area contributed by atoms with E-state index in [1.807, 2.05) is 32.6 Å². The molecule has 2 fully saturated rings. The van der Waals surface area contributed by atoms with Crippen LogP contribution in [0.25, 0.3) is 0 Å². The fourth-order valence-electron chi connectivity index (χ4n) is 2.79. The Morgan fingerprint density at radius 1 is 1.50 bits per heavy atom. The molecule has 0 aliphatic carbocycles. The average Bonchev–Trinajstić information content (AvgIpc) is 2.66.